The first-order valence-corrected chi connectivity index (χ1v) is 8.18. The van der Waals surface area contributed by atoms with Crippen LogP contribution in [0.15, 0.2) is 0 Å². The van der Waals surface area contributed by atoms with Crippen LogP contribution in [-0.4, -0.2) is 59.9 Å². The van der Waals surface area contributed by atoms with E-state index in [1.807, 2.05) is 0 Å². The summed E-state index contributed by atoms with van der Waals surface area (Å²) < 4.78 is 26.0. The van der Waals surface area contributed by atoms with E-state index in [1.54, 1.807) is 0 Å². The molecule has 5 atom stereocenters. The van der Waals surface area contributed by atoms with Crippen LogP contribution >= 0.6 is 15.9 Å². The Morgan fingerprint density at radius 1 is 0.750 bits per heavy atom. The van der Waals surface area contributed by atoms with Gasteiger partial charge in [0.1, 0.15) is 6.10 Å². The van der Waals surface area contributed by atoms with Crippen LogP contribution in [0.3, 0.4) is 0 Å². The van der Waals surface area contributed by atoms with Crippen molar-refractivity contribution in [2.75, 3.05) is 5.33 Å². The number of halogens is 1. The molecule has 1 aliphatic rings. The molecule has 9 nitrogen and oxygen atoms in total. The summed E-state index contributed by atoms with van der Waals surface area (Å²) in [4.78, 5) is 45.5. The van der Waals surface area contributed by atoms with Crippen LogP contribution in [0.25, 0.3) is 0 Å². The zero-order valence-electron chi connectivity index (χ0n) is 13.6. The highest BCUT2D eigenvalue weighted by atomic mass is 79.9. The molecule has 0 aromatic rings. The summed E-state index contributed by atoms with van der Waals surface area (Å²) >= 11 is 3.19. The molecule has 0 bridgehead atoms. The lowest BCUT2D eigenvalue weighted by Gasteiger charge is -2.43. The average molecular weight is 411 g/mol. The van der Waals surface area contributed by atoms with Crippen molar-refractivity contribution < 1.29 is 42.9 Å². The second-order valence-corrected chi connectivity index (χ2v) is 5.68. The molecule has 0 aromatic heterocycles. The number of ether oxygens (including phenoxy) is 5. The van der Waals surface area contributed by atoms with E-state index in [1.165, 1.54) is 6.92 Å². The Hall–Kier alpha value is -1.68. The van der Waals surface area contributed by atoms with E-state index in [2.05, 4.69) is 15.9 Å². The molecule has 0 aliphatic carbocycles. The van der Waals surface area contributed by atoms with Gasteiger partial charge in [0.15, 0.2) is 12.2 Å². The van der Waals surface area contributed by atoms with Crippen LogP contribution in [0, 0.1) is 0 Å². The molecule has 0 radical (unpaired) electrons. The monoisotopic (exact) mass is 410 g/mol. The third kappa shape index (κ3) is 5.75. The first-order valence-electron chi connectivity index (χ1n) is 7.06. The number of hydrogen-bond donors (Lipinski definition) is 0. The predicted octanol–water partition coefficient (Wildman–Crippen LogP) is 0.464. The van der Waals surface area contributed by atoms with Gasteiger partial charge in [-0.1, -0.05) is 15.9 Å². The van der Waals surface area contributed by atoms with Gasteiger partial charge in [0.25, 0.3) is 0 Å². The van der Waals surface area contributed by atoms with Gasteiger partial charge < -0.3 is 23.7 Å². The van der Waals surface area contributed by atoms with Crippen LogP contribution in [0.4, 0.5) is 0 Å². The molecule has 1 saturated heterocycles. The first kappa shape index (κ1) is 20.4. The molecule has 136 valence electrons. The molecular weight excluding hydrogens is 392 g/mol. The first-order chi connectivity index (χ1) is 11.1. The van der Waals surface area contributed by atoms with Crippen molar-refractivity contribution >= 4 is 39.8 Å². The molecule has 1 heterocycles. The molecule has 1 fully saturated rings. The quantitative estimate of drug-likeness (QED) is 0.362. The van der Waals surface area contributed by atoms with Crippen molar-refractivity contribution in [1.82, 2.24) is 0 Å². The van der Waals surface area contributed by atoms with Gasteiger partial charge in [-0.05, 0) is 0 Å². The predicted molar refractivity (Wildman–Crippen MR) is 80.9 cm³/mol. The fourth-order valence-corrected chi connectivity index (χ4v) is 2.76. The Morgan fingerprint density at radius 2 is 1.17 bits per heavy atom. The second-order valence-electron chi connectivity index (χ2n) is 5.03. The summed E-state index contributed by atoms with van der Waals surface area (Å²) in [7, 11) is 0. The minimum atomic E-state index is -1.31. The van der Waals surface area contributed by atoms with Crippen molar-refractivity contribution in [3.05, 3.63) is 0 Å². The molecule has 0 aromatic carbocycles. The number of hydrogen-bond acceptors (Lipinski definition) is 9. The topological polar surface area (TPSA) is 114 Å². The molecule has 0 spiro atoms. The third-order valence-corrected chi connectivity index (χ3v) is 3.57. The van der Waals surface area contributed by atoms with E-state index in [4.69, 9.17) is 23.7 Å². The largest absolute Gasteiger partial charge is 0.456 e. The Kier molecular flexibility index (Phi) is 7.61. The molecule has 10 heteroatoms. The molecule has 1 rings (SSSR count). The highest BCUT2D eigenvalue weighted by Crippen LogP contribution is 2.30. The van der Waals surface area contributed by atoms with Crippen LogP contribution in [-0.2, 0) is 42.9 Å². The summed E-state index contributed by atoms with van der Waals surface area (Å²) in [6.45, 7) is 4.60. The molecule has 1 aliphatic heterocycles. The Balaban J connectivity index is 3.23. The molecule has 24 heavy (non-hydrogen) atoms. The number of rotatable bonds is 5. The summed E-state index contributed by atoms with van der Waals surface area (Å²) in [5.41, 5.74) is 0. The van der Waals surface area contributed by atoms with E-state index >= 15 is 0 Å². The molecule has 0 amide bonds. The van der Waals surface area contributed by atoms with Gasteiger partial charge in [-0.3, -0.25) is 19.2 Å². The lowest BCUT2D eigenvalue weighted by molar-refractivity contribution is -0.291. The molecular formula is C14H19BrO9. The van der Waals surface area contributed by atoms with Gasteiger partial charge in [0, 0.05) is 33.0 Å². The highest BCUT2D eigenvalue weighted by Gasteiger charge is 2.52. The van der Waals surface area contributed by atoms with E-state index in [9.17, 15) is 19.2 Å². The van der Waals surface area contributed by atoms with Gasteiger partial charge in [-0.25, -0.2) is 0 Å². The number of alkyl halides is 1. The molecule has 0 unspecified atom stereocenters. The van der Waals surface area contributed by atoms with Crippen molar-refractivity contribution in [2.24, 2.45) is 0 Å². The van der Waals surface area contributed by atoms with Crippen molar-refractivity contribution in [3.63, 3.8) is 0 Å². The Morgan fingerprint density at radius 3 is 1.58 bits per heavy atom. The van der Waals surface area contributed by atoms with Crippen molar-refractivity contribution in [1.29, 1.82) is 0 Å². The van der Waals surface area contributed by atoms with Gasteiger partial charge in [-0.15, -0.1) is 0 Å². The zero-order chi connectivity index (χ0) is 18.4. The maximum atomic E-state index is 11.4. The fourth-order valence-electron chi connectivity index (χ4n) is 2.24. The number of esters is 4. The van der Waals surface area contributed by atoms with E-state index < -0.39 is 54.6 Å². The van der Waals surface area contributed by atoms with Gasteiger partial charge >= 0.3 is 23.9 Å². The lowest BCUT2D eigenvalue weighted by Crippen LogP contribution is -2.62. The summed E-state index contributed by atoms with van der Waals surface area (Å²) in [6, 6.07) is 0. The minimum absolute atomic E-state index is 0.188. The van der Waals surface area contributed by atoms with E-state index in [0.717, 1.165) is 20.8 Å². The van der Waals surface area contributed by atoms with Crippen LogP contribution in [0.5, 0.6) is 0 Å². The summed E-state index contributed by atoms with van der Waals surface area (Å²) in [5, 5.41) is 0.188. The van der Waals surface area contributed by atoms with Gasteiger partial charge in [0.05, 0.1) is 0 Å². The average Bonchev–Trinajstić information content (AvgIpc) is 2.42. The SMILES string of the molecule is CC(=O)O[C@@H]1O[C@H](CBr)[C@@H](OC(C)=O)[C@H](OC(C)=O)[C@H]1OC(C)=O. The normalized spacial score (nSPS) is 29.3. The molecule has 0 saturated carbocycles. The Bertz CT molecular complexity index is 506. The third-order valence-electron chi connectivity index (χ3n) is 2.93. The maximum absolute atomic E-state index is 11.4. The number of carbonyl (C=O) groups excluding carboxylic acids is 4. The summed E-state index contributed by atoms with van der Waals surface area (Å²) in [5.74, 6) is -2.72. The lowest BCUT2D eigenvalue weighted by atomic mass is 9.99. The van der Waals surface area contributed by atoms with E-state index in [0.29, 0.717) is 0 Å². The van der Waals surface area contributed by atoms with Crippen molar-refractivity contribution in [2.45, 2.75) is 58.4 Å². The smallest absolute Gasteiger partial charge is 0.305 e. The highest BCUT2D eigenvalue weighted by molar-refractivity contribution is 9.09. The van der Waals surface area contributed by atoms with Crippen LogP contribution in [0.1, 0.15) is 27.7 Å². The van der Waals surface area contributed by atoms with Crippen molar-refractivity contribution in [3.8, 4) is 0 Å². The second kappa shape index (κ2) is 8.97. The Labute approximate surface area is 147 Å². The van der Waals surface area contributed by atoms with Gasteiger partial charge in [0.2, 0.25) is 12.4 Å². The summed E-state index contributed by atoms with van der Waals surface area (Å²) in [6.07, 6.45) is -5.65. The zero-order valence-corrected chi connectivity index (χ0v) is 15.2. The number of carbonyl (C=O) groups is 4. The van der Waals surface area contributed by atoms with Crippen LogP contribution < -0.4 is 0 Å². The maximum Gasteiger partial charge on any atom is 0.305 e. The standard InChI is InChI=1S/C14H19BrO9/c1-6(16)20-11-10(5-15)24-14(23-9(4)19)13(22-8(3)18)12(11)21-7(2)17/h10-14H,5H2,1-4H3/t10-,11-,12+,13-,14-/m1/s1. The minimum Gasteiger partial charge on any atom is -0.456 e. The van der Waals surface area contributed by atoms with Gasteiger partial charge in [-0.2, -0.15) is 0 Å². The molecule has 0 N–H and O–H groups in total. The fraction of sp³-hybridized carbons (Fsp3) is 0.714. The van der Waals surface area contributed by atoms with E-state index in [-0.39, 0.29) is 5.33 Å². The van der Waals surface area contributed by atoms with Crippen LogP contribution in [0.2, 0.25) is 0 Å².